The summed E-state index contributed by atoms with van der Waals surface area (Å²) in [6.07, 6.45) is -2.38. The van der Waals surface area contributed by atoms with Crippen molar-refractivity contribution in [2.75, 3.05) is 0 Å². The molecule has 9 heteroatoms. The number of alkyl halides is 5. The molecule has 0 amide bonds. The molecule has 0 N–H and O–H groups in total. The third kappa shape index (κ3) is 8.69. The first-order valence-electron chi connectivity index (χ1n) is 11.7. The lowest BCUT2D eigenvalue weighted by Crippen LogP contribution is -2.42. The average molecular weight is 497 g/mol. The molecule has 0 saturated heterocycles. The molecule has 0 aromatic carbocycles. The average Bonchev–Trinajstić information content (AvgIpc) is 2.75. The van der Waals surface area contributed by atoms with Gasteiger partial charge in [-0.3, -0.25) is 0 Å². The Morgan fingerprint density at radius 2 is 1.15 bits per heavy atom. The van der Waals surface area contributed by atoms with Crippen molar-refractivity contribution in [2.24, 2.45) is 5.92 Å². The summed E-state index contributed by atoms with van der Waals surface area (Å²) in [6, 6.07) is 0. The van der Waals surface area contributed by atoms with E-state index in [1.54, 1.807) is 6.92 Å². The van der Waals surface area contributed by atoms with Crippen molar-refractivity contribution in [3.63, 3.8) is 0 Å². The molecule has 34 heavy (non-hydrogen) atoms. The maximum Gasteiger partial charge on any atom is 0.391 e. The van der Waals surface area contributed by atoms with Crippen molar-refractivity contribution >= 4 is 11.9 Å². The topological polar surface area (TPSA) is 52.6 Å². The van der Waals surface area contributed by atoms with Crippen molar-refractivity contribution in [2.45, 2.75) is 115 Å². The molecule has 0 atom stereocenters. The van der Waals surface area contributed by atoms with Gasteiger partial charge in [0.15, 0.2) is 0 Å². The lowest BCUT2D eigenvalue weighted by Gasteiger charge is -2.39. The first-order valence-corrected chi connectivity index (χ1v) is 11.7. The van der Waals surface area contributed by atoms with Crippen molar-refractivity contribution in [3.8, 4) is 0 Å². The van der Waals surface area contributed by atoms with Crippen molar-refractivity contribution < 1.29 is 41.0 Å². The highest BCUT2D eigenvalue weighted by atomic mass is 19.4. The Balaban J connectivity index is 0.000000342. The number of ether oxygens (including phenoxy) is 2. The van der Waals surface area contributed by atoms with E-state index < -0.39 is 41.2 Å². The highest BCUT2D eigenvalue weighted by molar-refractivity contribution is 5.87. The Bertz CT molecular complexity index is 739. The summed E-state index contributed by atoms with van der Waals surface area (Å²) in [6.45, 7) is 13.8. The Morgan fingerprint density at radius 3 is 1.44 bits per heavy atom. The summed E-state index contributed by atoms with van der Waals surface area (Å²) < 4.78 is 74.4. The van der Waals surface area contributed by atoms with Crippen LogP contribution in [0.25, 0.3) is 0 Å². The first-order chi connectivity index (χ1) is 15.5. The maximum absolute atomic E-state index is 13.0. The smallest absolute Gasteiger partial charge is 0.391 e. The molecule has 0 aromatic rings. The molecular formula is C25H37F5O4. The van der Waals surface area contributed by atoms with Gasteiger partial charge < -0.3 is 9.47 Å². The van der Waals surface area contributed by atoms with Gasteiger partial charge in [0.2, 0.25) is 5.92 Å². The van der Waals surface area contributed by atoms with E-state index >= 15 is 0 Å². The molecule has 0 heterocycles. The third-order valence-electron chi connectivity index (χ3n) is 6.86. The molecule has 0 unspecified atom stereocenters. The van der Waals surface area contributed by atoms with E-state index in [0.717, 1.165) is 0 Å². The van der Waals surface area contributed by atoms with Gasteiger partial charge in [-0.1, -0.05) is 27.0 Å². The van der Waals surface area contributed by atoms with Crippen LogP contribution in [0.4, 0.5) is 22.0 Å². The molecule has 4 nitrogen and oxygen atoms in total. The van der Waals surface area contributed by atoms with Crippen LogP contribution < -0.4 is 0 Å². The van der Waals surface area contributed by atoms with Gasteiger partial charge in [-0.2, -0.15) is 13.2 Å². The van der Waals surface area contributed by atoms with Gasteiger partial charge in [-0.05, 0) is 65.2 Å². The molecule has 0 bridgehead atoms. The fourth-order valence-electron chi connectivity index (χ4n) is 4.17. The van der Waals surface area contributed by atoms with Crippen LogP contribution in [0.5, 0.6) is 0 Å². The molecule has 2 fully saturated rings. The van der Waals surface area contributed by atoms with Gasteiger partial charge in [-0.15, -0.1) is 0 Å². The zero-order valence-electron chi connectivity index (χ0n) is 20.6. The second-order valence-electron chi connectivity index (χ2n) is 9.58. The molecule has 0 radical (unpaired) electrons. The zero-order valence-corrected chi connectivity index (χ0v) is 20.6. The molecule has 0 aliphatic heterocycles. The van der Waals surface area contributed by atoms with E-state index in [4.69, 9.17) is 9.47 Å². The Hall–Kier alpha value is -1.93. The van der Waals surface area contributed by atoms with Crippen LogP contribution in [0.15, 0.2) is 24.3 Å². The summed E-state index contributed by atoms with van der Waals surface area (Å²) >= 11 is 0. The van der Waals surface area contributed by atoms with Crippen LogP contribution in [0, 0.1) is 5.92 Å². The maximum atomic E-state index is 13.0. The third-order valence-corrected chi connectivity index (χ3v) is 6.86. The van der Waals surface area contributed by atoms with Crippen LogP contribution in [0.2, 0.25) is 0 Å². The SMILES string of the molecule is C=C(C)C(=O)OC1(CC)CCC(C(F)(F)F)CC1.C=C(C)C(=O)OC1(CC)CCC(F)(F)CC1. The Labute approximate surface area is 198 Å². The minimum Gasteiger partial charge on any atom is -0.456 e. The van der Waals surface area contributed by atoms with Crippen molar-refractivity contribution in [1.29, 1.82) is 0 Å². The molecule has 2 rings (SSSR count). The van der Waals surface area contributed by atoms with Gasteiger partial charge in [0.05, 0.1) is 5.92 Å². The minimum absolute atomic E-state index is 0.0286. The molecule has 2 saturated carbocycles. The van der Waals surface area contributed by atoms with E-state index in [2.05, 4.69) is 13.2 Å². The monoisotopic (exact) mass is 496 g/mol. The van der Waals surface area contributed by atoms with E-state index in [1.807, 2.05) is 13.8 Å². The second kappa shape index (κ2) is 11.7. The van der Waals surface area contributed by atoms with Gasteiger partial charge >= 0.3 is 18.1 Å². The van der Waals surface area contributed by atoms with Crippen LogP contribution >= 0.6 is 0 Å². The standard InChI is InChI=1S/C13H19F3O2.C12H18F2O2/c1-4-12(18-11(17)9(2)3)7-5-10(6-8-12)13(14,15)16;1-4-11(16-10(15)9(2)3)5-7-12(13,14)8-6-11/h10H,2,4-8H2,1,3H3;2,4-8H2,1,3H3. The number of carbonyl (C=O) groups excluding carboxylic acids is 2. The van der Waals surface area contributed by atoms with E-state index in [1.165, 1.54) is 6.92 Å². The molecule has 0 spiro atoms. The summed E-state index contributed by atoms with van der Waals surface area (Å²) in [5, 5.41) is 0. The molecule has 2 aliphatic carbocycles. The van der Waals surface area contributed by atoms with Crippen LogP contribution in [0.1, 0.15) is 91.9 Å². The predicted molar refractivity (Wildman–Crippen MR) is 119 cm³/mol. The molecule has 2 aliphatic rings. The lowest BCUT2D eigenvalue weighted by atomic mass is 9.77. The van der Waals surface area contributed by atoms with E-state index in [-0.39, 0.29) is 56.9 Å². The highest BCUT2D eigenvalue weighted by Gasteiger charge is 2.47. The molecule has 196 valence electrons. The number of halogens is 5. The fourth-order valence-corrected chi connectivity index (χ4v) is 4.17. The summed E-state index contributed by atoms with van der Waals surface area (Å²) in [7, 11) is 0. The van der Waals surface area contributed by atoms with Gasteiger partial charge in [-0.25, -0.2) is 18.4 Å². The van der Waals surface area contributed by atoms with Crippen LogP contribution in [0.3, 0.4) is 0 Å². The second-order valence-corrected chi connectivity index (χ2v) is 9.58. The van der Waals surface area contributed by atoms with Crippen molar-refractivity contribution in [3.05, 3.63) is 24.3 Å². The largest absolute Gasteiger partial charge is 0.456 e. The predicted octanol–water partition coefficient (Wildman–Crippen LogP) is 7.47. The van der Waals surface area contributed by atoms with Gasteiger partial charge in [0.1, 0.15) is 11.2 Å². The van der Waals surface area contributed by atoms with E-state index in [0.29, 0.717) is 18.4 Å². The van der Waals surface area contributed by atoms with Crippen LogP contribution in [-0.2, 0) is 19.1 Å². The molecular weight excluding hydrogens is 459 g/mol. The number of esters is 2. The Morgan fingerprint density at radius 1 is 0.794 bits per heavy atom. The summed E-state index contributed by atoms with van der Waals surface area (Å²) in [4.78, 5) is 22.9. The number of hydrogen-bond acceptors (Lipinski definition) is 4. The Kier molecular flexibility index (Phi) is 10.3. The van der Waals surface area contributed by atoms with Crippen LogP contribution in [-0.4, -0.2) is 35.2 Å². The summed E-state index contributed by atoms with van der Waals surface area (Å²) in [5.41, 5.74) is -0.860. The highest BCUT2D eigenvalue weighted by Crippen LogP contribution is 2.44. The van der Waals surface area contributed by atoms with Gasteiger partial charge in [0.25, 0.3) is 0 Å². The number of hydrogen-bond donors (Lipinski definition) is 0. The fraction of sp³-hybridized carbons (Fsp3) is 0.760. The first kappa shape index (κ1) is 30.1. The quantitative estimate of drug-likeness (QED) is 0.217. The number of rotatable bonds is 6. The lowest BCUT2D eigenvalue weighted by molar-refractivity contribution is -0.197. The number of carbonyl (C=O) groups is 2. The zero-order chi connectivity index (χ0) is 26.4. The molecule has 0 aromatic heterocycles. The van der Waals surface area contributed by atoms with E-state index in [9.17, 15) is 31.5 Å². The normalized spacial score (nSPS) is 25.9. The summed E-state index contributed by atoms with van der Waals surface area (Å²) in [5.74, 6) is -4.86. The minimum atomic E-state index is -4.14. The van der Waals surface area contributed by atoms with Gasteiger partial charge in [0, 0.05) is 24.0 Å². The van der Waals surface area contributed by atoms with Crippen molar-refractivity contribution in [1.82, 2.24) is 0 Å².